The Morgan fingerprint density at radius 3 is 2.73 bits per heavy atom. The number of benzene rings is 1. The number of halogens is 1. The van der Waals surface area contributed by atoms with Crippen LogP contribution in [0.15, 0.2) is 42.9 Å². The molecule has 1 aromatic carbocycles. The third-order valence-corrected chi connectivity index (χ3v) is 4.85. The molecule has 0 amide bonds. The SMILES string of the molecule is CN(Cc1cn[nH]c1-c1ccc(F)cc1)c1cc(C2CC(O)C2)ncn1. The van der Waals surface area contributed by atoms with E-state index in [1.807, 2.05) is 18.0 Å². The van der Waals surface area contributed by atoms with Crippen LogP contribution < -0.4 is 4.90 Å². The van der Waals surface area contributed by atoms with E-state index >= 15 is 0 Å². The van der Waals surface area contributed by atoms with Crippen molar-refractivity contribution >= 4 is 5.82 Å². The normalized spacial score (nSPS) is 19.2. The van der Waals surface area contributed by atoms with Gasteiger partial charge in [-0.1, -0.05) is 0 Å². The van der Waals surface area contributed by atoms with Gasteiger partial charge in [-0.15, -0.1) is 0 Å². The number of nitrogens with zero attached hydrogens (tertiary/aromatic N) is 4. The van der Waals surface area contributed by atoms with Crippen molar-refractivity contribution in [2.24, 2.45) is 0 Å². The van der Waals surface area contributed by atoms with Gasteiger partial charge >= 0.3 is 0 Å². The van der Waals surface area contributed by atoms with Crippen molar-refractivity contribution in [2.45, 2.75) is 31.4 Å². The second-order valence-electron chi connectivity index (χ2n) is 6.76. The smallest absolute Gasteiger partial charge is 0.132 e. The summed E-state index contributed by atoms with van der Waals surface area (Å²) in [5.41, 5.74) is 3.73. The number of hydrogen-bond donors (Lipinski definition) is 2. The monoisotopic (exact) mass is 353 g/mol. The number of nitrogens with one attached hydrogen (secondary N) is 1. The van der Waals surface area contributed by atoms with Gasteiger partial charge < -0.3 is 10.0 Å². The number of aromatic amines is 1. The zero-order chi connectivity index (χ0) is 18.1. The maximum Gasteiger partial charge on any atom is 0.132 e. The van der Waals surface area contributed by atoms with Crippen molar-refractivity contribution in [3.05, 3.63) is 59.9 Å². The lowest BCUT2D eigenvalue weighted by Crippen LogP contribution is -2.27. The van der Waals surface area contributed by atoms with E-state index in [1.165, 1.54) is 12.1 Å². The highest BCUT2D eigenvalue weighted by molar-refractivity contribution is 5.63. The third-order valence-electron chi connectivity index (χ3n) is 4.85. The minimum atomic E-state index is -0.262. The predicted octanol–water partition coefficient (Wildman–Crippen LogP) is 2.88. The average molecular weight is 353 g/mol. The Bertz CT molecular complexity index is 889. The first-order chi connectivity index (χ1) is 12.6. The molecular formula is C19H20FN5O. The lowest BCUT2D eigenvalue weighted by Gasteiger charge is -2.31. The van der Waals surface area contributed by atoms with Gasteiger partial charge in [-0.2, -0.15) is 5.10 Å². The van der Waals surface area contributed by atoms with E-state index in [0.717, 1.165) is 41.2 Å². The van der Waals surface area contributed by atoms with Gasteiger partial charge in [0, 0.05) is 42.4 Å². The Kier molecular flexibility index (Phi) is 4.38. The molecule has 7 heteroatoms. The second kappa shape index (κ2) is 6.84. The van der Waals surface area contributed by atoms with Crippen LogP contribution in [0.5, 0.6) is 0 Å². The lowest BCUT2D eigenvalue weighted by molar-refractivity contribution is 0.0732. The van der Waals surface area contributed by atoms with Crippen LogP contribution in [0.25, 0.3) is 11.3 Å². The molecule has 6 nitrogen and oxygen atoms in total. The molecule has 2 aromatic heterocycles. The van der Waals surface area contributed by atoms with Crippen LogP contribution in [0.4, 0.5) is 10.2 Å². The number of hydrogen-bond acceptors (Lipinski definition) is 5. The Balaban J connectivity index is 1.52. The predicted molar refractivity (Wildman–Crippen MR) is 96.1 cm³/mol. The van der Waals surface area contributed by atoms with Gasteiger partial charge in [0.1, 0.15) is 18.0 Å². The van der Waals surface area contributed by atoms with E-state index in [2.05, 4.69) is 20.2 Å². The second-order valence-corrected chi connectivity index (χ2v) is 6.76. The summed E-state index contributed by atoms with van der Waals surface area (Å²) in [5.74, 6) is 0.869. The van der Waals surface area contributed by atoms with Gasteiger partial charge in [-0.05, 0) is 37.1 Å². The van der Waals surface area contributed by atoms with Crippen LogP contribution in [0.2, 0.25) is 0 Å². The van der Waals surface area contributed by atoms with Gasteiger partial charge in [0.15, 0.2) is 0 Å². The number of aromatic nitrogens is 4. The van der Waals surface area contributed by atoms with Crippen molar-refractivity contribution < 1.29 is 9.50 Å². The average Bonchev–Trinajstić information content (AvgIpc) is 3.08. The van der Waals surface area contributed by atoms with E-state index in [-0.39, 0.29) is 11.9 Å². The fraction of sp³-hybridized carbons (Fsp3) is 0.316. The van der Waals surface area contributed by atoms with Gasteiger partial charge in [-0.3, -0.25) is 5.10 Å². The molecule has 0 atom stereocenters. The molecule has 0 unspecified atom stereocenters. The van der Waals surface area contributed by atoms with Crippen molar-refractivity contribution in [2.75, 3.05) is 11.9 Å². The molecule has 1 saturated carbocycles. The summed E-state index contributed by atoms with van der Waals surface area (Å²) in [6.45, 7) is 0.604. The van der Waals surface area contributed by atoms with Crippen molar-refractivity contribution in [1.29, 1.82) is 0 Å². The summed E-state index contributed by atoms with van der Waals surface area (Å²) < 4.78 is 13.2. The molecule has 0 spiro atoms. The first-order valence-electron chi connectivity index (χ1n) is 8.59. The topological polar surface area (TPSA) is 77.9 Å². The highest BCUT2D eigenvalue weighted by Gasteiger charge is 2.30. The first kappa shape index (κ1) is 16.7. The van der Waals surface area contributed by atoms with Crippen LogP contribution in [0.1, 0.15) is 30.0 Å². The summed E-state index contributed by atoms with van der Waals surface area (Å²) in [4.78, 5) is 10.7. The van der Waals surface area contributed by atoms with Crippen LogP contribution in [-0.4, -0.2) is 38.4 Å². The summed E-state index contributed by atoms with van der Waals surface area (Å²) in [6, 6.07) is 8.32. The van der Waals surface area contributed by atoms with Gasteiger partial charge in [0.25, 0.3) is 0 Å². The number of anilines is 1. The van der Waals surface area contributed by atoms with E-state index in [4.69, 9.17) is 0 Å². The maximum absolute atomic E-state index is 13.2. The standard InChI is InChI=1S/C19H20FN5O/c1-25(18-8-17(21-11-22-18)13-6-16(26)7-13)10-14-9-23-24-19(14)12-2-4-15(20)5-3-12/h2-5,8-9,11,13,16,26H,6-7,10H2,1H3,(H,23,24). The Labute approximate surface area is 150 Å². The van der Waals surface area contributed by atoms with Crippen LogP contribution in [0, 0.1) is 5.82 Å². The molecule has 0 aliphatic heterocycles. The highest BCUT2D eigenvalue weighted by atomic mass is 19.1. The molecule has 0 radical (unpaired) electrons. The summed E-state index contributed by atoms with van der Waals surface area (Å²) in [5, 5.41) is 16.6. The molecule has 1 fully saturated rings. The Morgan fingerprint density at radius 2 is 2.00 bits per heavy atom. The lowest BCUT2D eigenvalue weighted by atomic mass is 9.80. The molecule has 2 N–H and O–H groups in total. The Hall–Kier alpha value is -2.80. The zero-order valence-electron chi connectivity index (χ0n) is 14.4. The molecule has 1 aliphatic rings. The van der Waals surface area contributed by atoms with E-state index in [0.29, 0.717) is 12.5 Å². The molecule has 0 saturated heterocycles. The summed E-state index contributed by atoms with van der Waals surface area (Å²) in [6.07, 6.45) is 4.66. The van der Waals surface area contributed by atoms with Gasteiger partial charge in [0.05, 0.1) is 18.0 Å². The van der Waals surface area contributed by atoms with E-state index in [1.54, 1.807) is 24.7 Å². The number of rotatable bonds is 5. The zero-order valence-corrected chi connectivity index (χ0v) is 14.4. The number of aliphatic hydroxyl groups is 1. The largest absolute Gasteiger partial charge is 0.393 e. The quantitative estimate of drug-likeness (QED) is 0.737. The molecular weight excluding hydrogens is 333 g/mol. The molecule has 134 valence electrons. The number of H-pyrrole nitrogens is 1. The third kappa shape index (κ3) is 3.30. The van der Waals surface area contributed by atoms with Crippen molar-refractivity contribution in [3.8, 4) is 11.3 Å². The Morgan fingerprint density at radius 1 is 1.23 bits per heavy atom. The number of aliphatic hydroxyl groups excluding tert-OH is 1. The molecule has 4 rings (SSSR count). The highest BCUT2D eigenvalue weighted by Crippen LogP contribution is 2.36. The minimum Gasteiger partial charge on any atom is -0.393 e. The first-order valence-corrected chi connectivity index (χ1v) is 8.59. The van der Waals surface area contributed by atoms with Gasteiger partial charge in [0.2, 0.25) is 0 Å². The summed E-state index contributed by atoms with van der Waals surface area (Å²) in [7, 11) is 1.96. The van der Waals surface area contributed by atoms with Crippen molar-refractivity contribution in [3.63, 3.8) is 0 Å². The fourth-order valence-corrected chi connectivity index (χ4v) is 3.26. The van der Waals surface area contributed by atoms with E-state index in [9.17, 15) is 9.50 Å². The van der Waals surface area contributed by atoms with E-state index < -0.39 is 0 Å². The fourth-order valence-electron chi connectivity index (χ4n) is 3.26. The molecule has 1 aliphatic carbocycles. The maximum atomic E-state index is 13.2. The molecule has 3 aromatic rings. The van der Waals surface area contributed by atoms with Crippen LogP contribution in [0.3, 0.4) is 0 Å². The summed E-state index contributed by atoms with van der Waals surface area (Å²) >= 11 is 0. The molecule has 2 heterocycles. The molecule has 26 heavy (non-hydrogen) atoms. The van der Waals surface area contributed by atoms with Crippen LogP contribution >= 0.6 is 0 Å². The van der Waals surface area contributed by atoms with Crippen molar-refractivity contribution in [1.82, 2.24) is 20.2 Å². The molecule has 0 bridgehead atoms. The van der Waals surface area contributed by atoms with Crippen LogP contribution in [-0.2, 0) is 6.54 Å². The minimum absolute atomic E-state index is 0.208. The van der Waals surface area contributed by atoms with Gasteiger partial charge in [-0.25, -0.2) is 14.4 Å².